The maximum atomic E-state index is 12.0. The molecule has 0 atom stereocenters. The Morgan fingerprint density at radius 1 is 1.29 bits per heavy atom. The molecule has 2 rings (SSSR count). The lowest BCUT2D eigenvalue weighted by Crippen LogP contribution is -2.51. The summed E-state index contributed by atoms with van der Waals surface area (Å²) in [6.45, 7) is 3.76. The highest BCUT2D eigenvalue weighted by atomic mass is 35.5. The summed E-state index contributed by atoms with van der Waals surface area (Å²) < 4.78 is 0. The summed E-state index contributed by atoms with van der Waals surface area (Å²) in [7, 11) is 0. The highest BCUT2D eigenvalue weighted by molar-refractivity contribution is 6.32. The highest BCUT2D eigenvalue weighted by Gasteiger charge is 2.19. The molecule has 1 aliphatic heterocycles. The topological polar surface area (TPSA) is 55.8 Å². The van der Waals surface area contributed by atoms with Crippen molar-refractivity contribution in [1.29, 1.82) is 0 Å². The van der Waals surface area contributed by atoms with E-state index in [1.165, 1.54) is 0 Å². The van der Waals surface area contributed by atoms with E-state index < -0.39 is 0 Å². The largest absolute Gasteiger partial charge is 0.395 e. The molecule has 114 valence electrons. The summed E-state index contributed by atoms with van der Waals surface area (Å²) in [5.41, 5.74) is 0.868. The number of β-amino-alcohol motifs (C(OH)–C–C–N with tert-alkyl or cyclic N) is 1. The molecule has 0 aromatic heterocycles. The fourth-order valence-corrected chi connectivity index (χ4v) is 2.42. The molecule has 1 aromatic carbocycles. The van der Waals surface area contributed by atoms with Crippen LogP contribution in [0, 0.1) is 0 Å². The van der Waals surface area contributed by atoms with Gasteiger partial charge in [-0.25, -0.2) is 4.79 Å². The van der Waals surface area contributed by atoms with E-state index in [0.29, 0.717) is 24.7 Å². The van der Waals surface area contributed by atoms with Gasteiger partial charge >= 0.3 is 6.03 Å². The van der Waals surface area contributed by atoms with Gasteiger partial charge in [-0.1, -0.05) is 29.8 Å². The van der Waals surface area contributed by atoms with Crippen LogP contribution in [-0.2, 0) is 0 Å². The van der Waals surface area contributed by atoms with E-state index in [9.17, 15) is 4.79 Å². The lowest BCUT2D eigenvalue weighted by atomic mass is 10.2. The van der Waals surface area contributed by atoms with E-state index in [-0.39, 0.29) is 12.6 Å². The van der Waals surface area contributed by atoms with Gasteiger partial charge in [-0.2, -0.15) is 0 Å². The van der Waals surface area contributed by atoms with Crippen LogP contribution < -0.4 is 5.32 Å². The molecule has 1 aliphatic rings. The Hall–Kier alpha value is -1.56. The number of hydrogen-bond donors (Lipinski definition) is 2. The molecule has 1 fully saturated rings. The van der Waals surface area contributed by atoms with E-state index in [2.05, 4.69) is 10.2 Å². The first-order valence-corrected chi connectivity index (χ1v) is 7.38. The van der Waals surface area contributed by atoms with Gasteiger partial charge in [-0.15, -0.1) is 0 Å². The molecule has 2 N–H and O–H groups in total. The Kier molecular flexibility index (Phi) is 6.04. The molecule has 1 saturated heterocycles. The number of aliphatic hydroxyl groups is 1. The number of benzene rings is 1. The zero-order chi connectivity index (χ0) is 15.1. The fraction of sp³-hybridized carbons (Fsp3) is 0.400. The van der Waals surface area contributed by atoms with Crippen molar-refractivity contribution >= 4 is 23.7 Å². The predicted octanol–water partition coefficient (Wildman–Crippen LogP) is 1.63. The molecule has 1 heterocycles. The first-order valence-electron chi connectivity index (χ1n) is 7.00. The third kappa shape index (κ3) is 4.74. The number of amides is 2. The first-order chi connectivity index (χ1) is 10.2. The van der Waals surface area contributed by atoms with Crippen molar-refractivity contribution < 1.29 is 9.90 Å². The minimum absolute atomic E-state index is 0.109. The standard InChI is InChI=1S/C15H20ClN3O2/c16-14-4-2-1-3-13(14)5-6-17-15(21)19-9-7-18(8-10-19)11-12-20/h1-6,20H,7-12H2,(H,17,21)/b6-5+. The summed E-state index contributed by atoms with van der Waals surface area (Å²) in [6.07, 6.45) is 3.39. The molecular weight excluding hydrogens is 290 g/mol. The first kappa shape index (κ1) is 15.8. The second kappa shape index (κ2) is 8.02. The van der Waals surface area contributed by atoms with Crippen molar-refractivity contribution in [1.82, 2.24) is 15.1 Å². The van der Waals surface area contributed by atoms with Gasteiger partial charge in [-0.3, -0.25) is 4.90 Å². The van der Waals surface area contributed by atoms with Gasteiger partial charge in [-0.05, 0) is 17.7 Å². The summed E-state index contributed by atoms with van der Waals surface area (Å²) in [6, 6.07) is 7.35. The minimum Gasteiger partial charge on any atom is -0.395 e. The number of rotatable bonds is 4. The second-order valence-corrected chi connectivity index (χ2v) is 5.26. The van der Waals surface area contributed by atoms with E-state index in [4.69, 9.17) is 16.7 Å². The molecule has 0 radical (unpaired) electrons. The van der Waals surface area contributed by atoms with Gasteiger partial charge in [0, 0.05) is 43.9 Å². The Bertz CT molecular complexity index is 499. The van der Waals surface area contributed by atoms with Crippen LogP contribution in [0.3, 0.4) is 0 Å². The molecule has 0 saturated carbocycles. The molecule has 0 unspecified atom stereocenters. The molecule has 0 bridgehead atoms. The van der Waals surface area contributed by atoms with Crippen LogP contribution in [0.5, 0.6) is 0 Å². The van der Waals surface area contributed by atoms with Crippen molar-refractivity contribution in [3.8, 4) is 0 Å². The van der Waals surface area contributed by atoms with Crippen LogP contribution in [0.25, 0.3) is 6.08 Å². The van der Waals surface area contributed by atoms with Crippen molar-refractivity contribution in [3.05, 3.63) is 41.1 Å². The second-order valence-electron chi connectivity index (χ2n) is 4.86. The van der Waals surface area contributed by atoms with Crippen LogP contribution in [0.2, 0.25) is 5.02 Å². The molecule has 6 heteroatoms. The van der Waals surface area contributed by atoms with Gasteiger partial charge in [0.25, 0.3) is 0 Å². The fourth-order valence-electron chi connectivity index (χ4n) is 2.22. The Labute approximate surface area is 129 Å². The van der Waals surface area contributed by atoms with Gasteiger partial charge in [0.1, 0.15) is 0 Å². The van der Waals surface area contributed by atoms with Gasteiger partial charge in [0.05, 0.1) is 6.61 Å². The Morgan fingerprint density at radius 3 is 2.67 bits per heavy atom. The number of halogens is 1. The predicted molar refractivity (Wildman–Crippen MR) is 84.1 cm³/mol. The summed E-state index contributed by atoms with van der Waals surface area (Å²) in [4.78, 5) is 15.9. The van der Waals surface area contributed by atoms with Crippen molar-refractivity contribution in [3.63, 3.8) is 0 Å². The maximum Gasteiger partial charge on any atom is 0.321 e. The average molecular weight is 310 g/mol. The van der Waals surface area contributed by atoms with Crippen molar-refractivity contribution in [2.24, 2.45) is 0 Å². The van der Waals surface area contributed by atoms with Crippen LogP contribution in [-0.4, -0.2) is 60.3 Å². The smallest absolute Gasteiger partial charge is 0.321 e. The number of urea groups is 1. The van der Waals surface area contributed by atoms with Crippen LogP contribution in [0.1, 0.15) is 5.56 Å². The normalized spacial score (nSPS) is 16.4. The number of piperazine rings is 1. The molecule has 1 aromatic rings. The molecule has 5 nitrogen and oxygen atoms in total. The van der Waals surface area contributed by atoms with Crippen molar-refractivity contribution in [2.75, 3.05) is 39.3 Å². The van der Waals surface area contributed by atoms with Gasteiger partial charge < -0.3 is 15.3 Å². The summed E-state index contributed by atoms with van der Waals surface area (Å²) in [5, 5.41) is 12.3. The molecule has 0 aliphatic carbocycles. The third-order valence-electron chi connectivity index (χ3n) is 3.45. The van der Waals surface area contributed by atoms with Gasteiger partial charge in [0.15, 0.2) is 0 Å². The average Bonchev–Trinajstić information content (AvgIpc) is 2.50. The van der Waals surface area contributed by atoms with E-state index in [1.54, 1.807) is 17.2 Å². The number of hydrogen-bond acceptors (Lipinski definition) is 3. The van der Waals surface area contributed by atoms with Crippen LogP contribution in [0.4, 0.5) is 4.79 Å². The van der Waals surface area contributed by atoms with Gasteiger partial charge in [0.2, 0.25) is 0 Å². The summed E-state index contributed by atoms with van der Waals surface area (Å²) >= 11 is 6.03. The lowest BCUT2D eigenvalue weighted by molar-refractivity contribution is 0.123. The number of carbonyl (C=O) groups excluding carboxylic acids is 1. The quantitative estimate of drug-likeness (QED) is 0.889. The number of carbonyl (C=O) groups is 1. The van der Waals surface area contributed by atoms with E-state index in [0.717, 1.165) is 18.7 Å². The third-order valence-corrected chi connectivity index (χ3v) is 3.79. The van der Waals surface area contributed by atoms with E-state index >= 15 is 0 Å². The number of nitrogens with zero attached hydrogens (tertiary/aromatic N) is 2. The summed E-state index contributed by atoms with van der Waals surface area (Å²) in [5.74, 6) is 0. The Balaban J connectivity index is 1.79. The SMILES string of the molecule is O=C(N/C=C/c1ccccc1Cl)N1CCN(CCO)CC1. The van der Waals surface area contributed by atoms with Crippen molar-refractivity contribution in [2.45, 2.75) is 0 Å². The Morgan fingerprint density at radius 2 is 2.00 bits per heavy atom. The zero-order valence-electron chi connectivity index (χ0n) is 11.8. The van der Waals surface area contributed by atoms with Crippen LogP contribution >= 0.6 is 11.6 Å². The molecular formula is C15H20ClN3O2. The highest BCUT2D eigenvalue weighted by Crippen LogP contribution is 2.15. The zero-order valence-corrected chi connectivity index (χ0v) is 12.6. The maximum absolute atomic E-state index is 12.0. The number of aliphatic hydroxyl groups excluding tert-OH is 1. The molecule has 0 spiro atoms. The molecule has 21 heavy (non-hydrogen) atoms. The van der Waals surface area contributed by atoms with Crippen LogP contribution in [0.15, 0.2) is 30.5 Å². The monoisotopic (exact) mass is 309 g/mol. The number of nitrogens with one attached hydrogen (secondary N) is 1. The molecule has 2 amide bonds. The van der Waals surface area contributed by atoms with E-state index in [1.807, 2.05) is 24.3 Å². The lowest BCUT2D eigenvalue weighted by Gasteiger charge is -2.33. The minimum atomic E-state index is -0.109.